The van der Waals surface area contributed by atoms with Crippen molar-refractivity contribution < 1.29 is 14.6 Å². The molecule has 3 aromatic carbocycles. The number of para-hydroxylation sites is 1. The molecule has 0 spiro atoms. The molecule has 1 aromatic heterocycles. The zero-order valence-electron chi connectivity index (χ0n) is 19.0. The Morgan fingerprint density at radius 3 is 2.56 bits per heavy atom. The maximum Gasteiger partial charge on any atom is 0.127 e. The molecule has 4 aromatic rings. The van der Waals surface area contributed by atoms with E-state index in [0.717, 1.165) is 16.9 Å². The summed E-state index contributed by atoms with van der Waals surface area (Å²) in [5.74, 6) is 2.00. The molecule has 8 heteroatoms. The van der Waals surface area contributed by atoms with Crippen molar-refractivity contribution in [3.8, 4) is 16.9 Å². The summed E-state index contributed by atoms with van der Waals surface area (Å²) in [6, 6.07) is 17.6. The molecular weight excluding hydrogens is 491 g/mol. The Labute approximate surface area is 213 Å². The van der Waals surface area contributed by atoms with Gasteiger partial charge in [0.15, 0.2) is 0 Å². The van der Waals surface area contributed by atoms with Crippen LogP contribution in [-0.2, 0) is 4.74 Å². The summed E-state index contributed by atoms with van der Waals surface area (Å²) < 4.78 is 11.0. The number of aromatic amines is 1. The van der Waals surface area contributed by atoms with Crippen molar-refractivity contribution in [1.29, 1.82) is 0 Å². The van der Waals surface area contributed by atoms with Crippen LogP contribution >= 0.6 is 35.0 Å². The van der Waals surface area contributed by atoms with Crippen LogP contribution in [0.15, 0.2) is 59.5 Å². The molecule has 0 saturated carbocycles. The summed E-state index contributed by atoms with van der Waals surface area (Å²) in [7, 11) is 1.63. The number of aliphatic hydroxyl groups is 1. The number of rotatable bonds is 10. The number of H-pyrrole nitrogens is 1. The molecule has 34 heavy (non-hydrogen) atoms. The highest BCUT2D eigenvalue weighted by Crippen LogP contribution is 2.43. The van der Waals surface area contributed by atoms with E-state index in [4.69, 9.17) is 37.7 Å². The van der Waals surface area contributed by atoms with E-state index in [2.05, 4.69) is 24.0 Å². The van der Waals surface area contributed by atoms with Gasteiger partial charge in [0.05, 0.1) is 34.7 Å². The lowest BCUT2D eigenvalue weighted by Crippen LogP contribution is -2.07. The molecule has 4 rings (SSSR count). The number of aromatic nitrogens is 2. The number of nitrogens with zero attached hydrogens (tertiary/aromatic N) is 1. The van der Waals surface area contributed by atoms with Gasteiger partial charge in [0.25, 0.3) is 0 Å². The Kier molecular flexibility index (Phi) is 8.40. The number of imidazole rings is 1. The number of ether oxygens (including phenoxy) is 2. The number of fused-ring (bicyclic) bond motifs is 1. The van der Waals surface area contributed by atoms with Crippen molar-refractivity contribution in [2.24, 2.45) is 0 Å². The van der Waals surface area contributed by atoms with Crippen molar-refractivity contribution in [3.63, 3.8) is 0 Å². The van der Waals surface area contributed by atoms with E-state index >= 15 is 0 Å². The first-order chi connectivity index (χ1) is 16.6. The van der Waals surface area contributed by atoms with Crippen LogP contribution in [0.1, 0.15) is 24.2 Å². The van der Waals surface area contributed by atoms with Crippen LogP contribution in [0.4, 0.5) is 0 Å². The summed E-state index contributed by atoms with van der Waals surface area (Å²) in [6.45, 7) is 2.91. The third-order valence-electron chi connectivity index (χ3n) is 5.49. The summed E-state index contributed by atoms with van der Waals surface area (Å²) >= 11 is 15.3. The van der Waals surface area contributed by atoms with Gasteiger partial charge < -0.3 is 19.6 Å². The average molecular weight is 517 g/mol. The van der Waals surface area contributed by atoms with E-state index in [0.29, 0.717) is 51.4 Å². The zero-order valence-corrected chi connectivity index (χ0v) is 21.3. The van der Waals surface area contributed by atoms with E-state index in [1.54, 1.807) is 18.9 Å². The number of aliphatic hydroxyl groups excluding tert-OH is 1. The predicted octanol–water partition coefficient (Wildman–Crippen LogP) is 6.80. The molecule has 178 valence electrons. The SMILES string of the molecule is CCSc1ccc(C(CO)c2nc3c(Cl)c(-c4ccccc4OCCOC)c(Cl)cc3[nH]2)cc1. The van der Waals surface area contributed by atoms with Crippen molar-refractivity contribution >= 4 is 46.0 Å². The fourth-order valence-corrected chi connectivity index (χ4v) is 5.22. The lowest BCUT2D eigenvalue weighted by atomic mass is 9.99. The van der Waals surface area contributed by atoms with Crippen molar-refractivity contribution in [3.05, 3.63) is 76.0 Å². The fraction of sp³-hybridized carbons (Fsp3) is 0.269. The molecule has 0 bridgehead atoms. The molecule has 0 aliphatic rings. The largest absolute Gasteiger partial charge is 0.491 e. The second-order valence-electron chi connectivity index (χ2n) is 7.64. The van der Waals surface area contributed by atoms with E-state index in [1.165, 1.54) is 4.90 Å². The van der Waals surface area contributed by atoms with Gasteiger partial charge in [0, 0.05) is 23.1 Å². The lowest BCUT2D eigenvalue weighted by Gasteiger charge is -2.14. The molecule has 5 nitrogen and oxygen atoms in total. The molecule has 0 aliphatic carbocycles. The molecule has 0 aliphatic heterocycles. The monoisotopic (exact) mass is 516 g/mol. The van der Waals surface area contributed by atoms with Crippen molar-refractivity contribution in [2.45, 2.75) is 17.7 Å². The van der Waals surface area contributed by atoms with Crippen molar-refractivity contribution in [1.82, 2.24) is 9.97 Å². The van der Waals surface area contributed by atoms with E-state index in [9.17, 15) is 5.11 Å². The van der Waals surface area contributed by atoms with Crippen LogP contribution in [0.5, 0.6) is 5.75 Å². The van der Waals surface area contributed by atoms with Crippen LogP contribution in [0.25, 0.3) is 22.2 Å². The second kappa shape index (κ2) is 11.5. The Morgan fingerprint density at radius 2 is 1.85 bits per heavy atom. The molecule has 0 amide bonds. The molecule has 1 atom stereocenters. The summed E-state index contributed by atoms with van der Waals surface area (Å²) in [4.78, 5) is 9.28. The third kappa shape index (κ3) is 5.21. The minimum atomic E-state index is -0.309. The highest BCUT2D eigenvalue weighted by molar-refractivity contribution is 7.99. The molecule has 0 fully saturated rings. The first-order valence-corrected chi connectivity index (χ1v) is 12.7. The van der Waals surface area contributed by atoms with Gasteiger partial charge in [0.1, 0.15) is 23.7 Å². The minimum absolute atomic E-state index is 0.0888. The summed E-state index contributed by atoms with van der Waals surface area (Å²) in [5.41, 5.74) is 3.72. The summed E-state index contributed by atoms with van der Waals surface area (Å²) in [5, 5.41) is 11.1. The first-order valence-electron chi connectivity index (χ1n) is 11.0. The standard InChI is InChI=1S/C26H26Cl2N2O3S/c1-3-34-17-10-8-16(9-11-17)19(15-31)26-29-21-14-20(27)23(24(28)25(21)30-26)18-6-4-5-7-22(18)33-13-12-32-2/h4-11,14,19,31H,3,12-13,15H2,1-2H3,(H,29,30). The smallest absolute Gasteiger partial charge is 0.127 e. The quantitative estimate of drug-likeness (QED) is 0.179. The number of hydrogen-bond acceptors (Lipinski definition) is 5. The van der Waals surface area contributed by atoms with Crippen LogP contribution in [0, 0.1) is 0 Å². The maximum absolute atomic E-state index is 10.2. The van der Waals surface area contributed by atoms with Gasteiger partial charge in [0.2, 0.25) is 0 Å². The van der Waals surface area contributed by atoms with Crippen molar-refractivity contribution in [2.75, 3.05) is 32.7 Å². The normalized spacial score (nSPS) is 12.3. The van der Waals surface area contributed by atoms with Gasteiger partial charge in [-0.2, -0.15) is 0 Å². The number of nitrogens with one attached hydrogen (secondary N) is 1. The zero-order chi connectivity index (χ0) is 24.1. The number of thioether (sulfide) groups is 1. The van der Waals surface area contributed by atoms with Gasteiger partial charge in [-0.25, -0.2) is 4.98 Å². The lowest BCUT2D eigenvalue weighted by molar-refractivity contribution is 0.146. The molecule has 1 unspecified atom stereocenters. The first kappa shape index (κ1) is 24.9. The Morgan fingerprint density at radius 1 is 1.09 bits per heavy atom. The maximum atomic E-state index is 10.2. The van der Waals surface area contributed by atoms with Gasteiger partial charge in [-0.15, -0.1) is 11.8 Å². The molecule has 0 radical (unpaired) electrons. The van der Waals surface area contributed by atoms with Gasteiger partial charge in [-0.3, -0.25) is 0 Å². The summed E-state index contributed by atoms with van der Waals surface area (Å²) in [6.07, 6.45) is 0. The Bertz CT molecular complexity index is 1260. The van der Waals surface area contributed by atoms with E-state index in [1.807, 2.05) is 42.5 Å². The second-order valence-corrected chi connectivity index (χ2v) is 9.76. The molecular formula is C26H26Cl2N2O3S. The minimum Gasteiger partial charge on any atom is -0.491 e. The van der Waals surface area contributed by atoms with Gasteiger partial charge >= 0.3 is 0 Å². The molecule has 0 saturated heterocycles. The Balaban J connectivity index is 1.74. The van der Waals surface area contributed by atoms with Gasteiger partial charge in [-0.05, 0) is 35.6 Å². The average Bonchev–Trinajstić information content (AvgIpc) is 3.26. The Hall–Kier alpha value is -2.22. The topological polar surface area (TPSA) is 67.4 Å². The van der Waals surface area contributed by atoms with E-state index in [-0.39, 0.29) is 12.5 Å². The van der Waals surface area contributed by atoms with Gasteiger partial charge in [-0.1, -0.05) is 60.5 Å². The number of benzene rings is 3. The molecule has 2 N–H and O–H groups in total. The number of halogens is 2. The highest BCUT2D eigenvalue weighted by Gasteiger charge is 2.22. The molecule has 1 heterocycles. The number of hydrogen-bond donors (Lipinski definition) is 2. The number of methoxy groups -OCH3 is 1. The fourth-order valence-electron chi connectivity index (χ4n) is 3.86. The van der Waals surface area contributed by atoms with Crippen LogP contribution in [0.2, 0.25) is 10.0 Å². The van der Waals surface area contributed by atoms with Crippen LogP contribution < -0.4 is 4.74 Å². The van der Waals surface area contributed by atoms with Crippen LogP contribution in [0.3, 0.4) is 0 Å². The van der Waals surface area contributed by atoms with Crippen LogP contribution in [-0.4, -0.2) is 47.8 Å². The predicted molar refractivity (Wildman–Crippen MR) is 141 cm³/mol. The highest BCUT2D eigenvalue weighted by atomic mass is 35.5. The third-order valence-corrected chi connectivity index (χ3v) is 7.06. The van der Waals surface area contributed by atoms with E-state index < -0.39 is 0 Å².